The summed E-state index contributed by atoms with van der Waals surface area (Å²) in [6.45, 7) is 4.31. The summed E-state index contributed by atoms with van der Waals surface area (Å²) in [6, 6.07) is 0. The minimum absolute atomic E-state index is 1.04. The molecule has 0 saturated carbocycles. The summed E-state index contributed by atoms with van der Waals surface area (Å²) >= 11 is 0. The Labute approximate surface area is 58.7 Å². The number of unbranched alkanes of at least 4 members (excludes halogenated alkanes) is 3. The molecule has 0 aromatic carbocycles. The van der Waals surface area contributed by atoms with E-state index in [-0.39, 0.29) is 0 Å². The predicted molar refractivity (Wildman–Crippen MR) is 41.9 cm³/mol. The molecule has 0 atom stereocenters. The van der Waals surface area contributed by atoms with E-state index < -0.39 is 0 Å². The third-order valence-corrected chi connectivity index (χ3v) is 1.01. The monoisotopic (exact) mass is 123 g/mol. The van der Waals surface area contributed by atoms with E-state index in [0.29, 0.717) is 0 Å². The van der Waals surface area contributed by atoms with Gasteiger partial charge in [-0.15, -0.1) is 5.92 Å². The molecule has 51 valence electrons. The summed E-state index contributed by atoms with van der Waals surface area (Å²) in [5, 5.41) is 0. The van der Waals surface area contributed by atoms with Gasteiger partial charge in [0.1, 0.15) is 0 Å². The van der Waals surface area contributed by atoms with Gasteiger partial charge in [-0.3, -0.25) is 0 Å². The van der Waals surface area contributed by atoms with Crippen LogP contribution in [-0.2, 0) is 0 Å². The molecule has 0 nitrogen and oxygen atoms in total. The van der Waals surface area contributed by atoms with Crippen molar-refractivity contribution in [1.82, 2.24) is 0 Å². The van der Waals surface area contributed by atoms with Gasteiger partial charge in [0.15, 0.2) is 0 Å². The molecule has 0 aliphatic rings. The maximum Gasteiger partial charge on any atom is 0.0340 e. The van der Waals surface area contributed by atoms with Crippen LogP contribution >= 0.6 is 0 Å². The summed E-state index contributed by atoms with van der Waals surface area (Å²) in [4.78, 5) is 0. The molecule has 0 fully saturated rings. The van der Waals surface area contributed by atoms with Gasteiger partial charge in [-0.1, -0.05) is 26.2 Å². The van der Waals surface area contributed by atoms with E-state index in [4.69, 9.17) is 0 Å². The highest BCUT2D eigenvalue weighted by Gasteiger charge is 1.75. The van der Waals surface area contributed by atoms with Gasteiger partial charge in [-0.25, -0.2) is 0 Å². The minimum atomic E-state index is 1.04. The standard InChI is InChI=1S/C9H15/c1-3-5-7-9-8-6-4-2/h7H,3-6H2,1-2H3. The van der Waals surface area contributed by atoms with Gasteiger partial charge in [0, 0.05) is 12.8 Å². The SMILES string of the molecule is CCCC#C[CH]CCC. The topological polar surface area (TPSA) is 0 Å². The molecule has 0 heteroatoms. The molecular weight excluding hydrogens is 108 g/mol. The van der Waals surface area contributed by atoms with Crippen LogP contribution < -0.4 is 0 Å². The van der Waals surface area contributed by atoms with Crippen molar-refractivity contribution in [2.75, 3.05) is 0 Å². The highest BCUT2D eigenvalue weighted by atomic mass is 13.8. The van der Waals surface area contributed by atoms with Gasteiger partial charge in [0.05, 0.1) is 0 Å². The van der Waals surface area contributed by atoms with Crippen LogP contribution in [-0.4, -0.2) is 0 Å². The lowest BCUT2D eigenvalue weighted by molar-refractivity contribution is 0.927. The second-order valence-corrected chi connectivity index (χ2v) is 2.06. The second kappa shape index (κ2) is 7.56. The Balaban J connectivity index is 2.96. The fourth-order valence-corrected chi connectivity index (χ4v) is 0.486. The Kier molecular flexibility index (Phi) is 7.19. The van der Waals surface area contributed by atoms with E-state index in [1.54, 1.807) is 0 Å². The molecule has 9 heavy (non-hydrogen) atoms. The van der Waals surface area contributed by atoms with Crippen molar-refractivity contribution in [3.05, 3.63) is 6.42 Å². The van der Waals surface area contributed by atoms with Gasteiger partial charge in [0.2, 0.25) is 0 Å². The van der Waals surface area contributed by atoms with Crippen LogP contribution in [0.15, 0.2) is 0 Å². The van der Waals surface area contributed by atoms with Crippen LogP contribution in [0.5, 0.6) is 0 Å². The molecule has 0 bridgehead atoms. The molecule has 0 amide bonds. The van der Waals surface area contributed by atoms with Crippen LogP contribution in [0.3, 0.4) is 0 Å². The van der Waals surface area contributed by atoms with Gasteiger partial charge < -0.3 is 0 Å². The summed E-state index contributed by atoms with van der Waals surface area (Å²) in [5.41, 5.74) is 0. The summed E-state index contributed by atoms with van der Waals surface area (Å²) in [6.07, 6.45) is 6.61. The molecule has 0 aromatic rings. The lowest BCUT2D eigenvalue weighted by atomic mass is 10.2. The van der Waals surface area contributed by atoms with E-state index in [1.807, 2.05) is 0 Å². The number of hydrogen-bond acceptors (Lipinski definition) is 0. The Bertz CT molecular complexity index is 92.3. The zero-order valence-electron chi connectivity index (χ0n) is 6.41. The highest BCUT2D eigenvalue weighted by molar-refractivity contribution is 5.08. The molecule has 0 rings (SSSR count). The van der Waals surface area contributed by atoms with E-state index in [1.165, 1.54) is 12.8 Å². The predicted octanol–water partition coefficient (Wildman–Crippen LogP) is 2.79. The quantitative estimate of drug-likeness (QED) is 0.400. The fraction of sp³-hybridized carbons (Fsp3) is 0.667. The van der Waals surface area contributed by atoms with Gasteiger partial charge in [-0.05, 0) is 12.8 Å². The first-order valence-electron chi connectivity index (χ1n) is 3.71. The first kappa shape index (κ1) is 8.56. The van der Waals surface area contributed by atoms with Gasteiger partial charge >= 0.3 is 0 Å². The zero-order chi connectivity index (χ0) is 6.95. The fourth-order valence-electron chi connectivity index (χ4n) is 0.486. The van der Waals surface area contributed by atoms with Crippen molar-refractivity contribution in [1.29, 1.82) is 0 Å². The minimum Gasteiger partial charge on any atom is -0.103 e. The molecule has 0 aliphatic heterocycles. The molecule has 0 saturated heterocycles. The smallest absolute Gasteiger partial charge is 0.0340 e. The van der Waals surface area contributed by atoms with E-state index in [0.717, 1.165) is 12.8 Å². The van der Waals surface area contributed by atoms with Crippen molar-refractivity contribution in [3.8, 4) is 11.8 Å². The molecule has 0 aromatic heterocycles. The third kappa shape index (κ3) is 7.56. The first-order valence-corrected chi connectivity index (χ1v) is 3.71. The molecule has 0 heterocycles. The molecule has 0 unspecified atom stereocenters. The van der Waals surface area contributed by atoms with Crippen LogP contribution in [0.2, 0.25) is 0 Å². The normalized spacial score (nSPS) is 8.22. The molecule has 1 radical (unpaired) electrons. The second-order valence-electron chi connectivity index (χ2n) is 2.06. The molecular formula is C9H15. The average Bonchev–Trinajstić information content (AvgIpc) is 1.89. The lowest BCUT2D eigenvalue weighted by Crippen LogP contribution is -1.68. The zero-order valence-corrected chi connectivity index (χ0v) is 6.41. The van der Waals surface area contributed by atoms with Gasteiger partial charge in [-0.2, -0.15) is 0 Å². The van der Waals surface area contributed by atoms with Crippen molar-refractivity contribution < 1.29 is 0 Å². The van der Waals surface area contributed by atoms with E-state index in [2.05, 4.69) is 32.1 Å². The van der Waals surface area contributed by atoms with Crippen LogP contribution in [0, 0.1) is 18.3 Å². The Hall–Kier alpha value is -0.440. The highest BCUT2D eigenvalue weighted by Crippen LogP contribution is 1.89. The van der Waals surface area contributed by atoms with Crippen molar-refractivity contribution >= 4 is 0 Å². The van der Waals surface area contributed by atoms with Crippen LogP contribution in [0.4, 0.5) is 0 Å². The average molecular weight is 123 g/mol. The first-order chi connectivity index (χ1) is 4.41. The van der Waals surface area contributed by atoms with Crippen LogP contribution in [0.1, 0.15) is 39.5 Å². The molecule has 0 aliphatic carbocycles. The Morgan fingerprint density at radius 3 is 2.56 bits per heavy atom. The van der Waals surface area contributed by atoms with E-state index in [9.17, 15) is 0 Å². The van der Waals surface area contributed by atoms with Gasteiger partial charge in [0.25, 0.3) is 0 Å². The Morgan fingerprint density at radius 2 is 2.00 bits per heavy atom. The molecule has 0 spiro atoms. The summed E-state index contributed by atoms with van der Waals surface area (Å²) < 4.78 is 0. The van der Waals surface area contributed by atoms with Crippen molar-refractivity contribution in [2.45, 2.75) is 39.5 Å². The van der Waals surface area contributed by atoms with E-state index >= 15 is 0 Å². The summed E-state index contributed by atoms with van der Waals surface area (Å²) in [7, 11) is 0. The lowest BCUT2D eigenvalue weighted by Gasteiger charge is -1.82. The largest absolute Gasteiger partial charge is 0.103 e. The van der Waals surface area contributed by atoms with Crippen molar-refractivity contribution in [2.24, 2.45) is 0 Å². The maximum absolute atomic E-state index is 3.06. The Morgan fingerprint density at radius 1 is 1.22 bits per heavy atom. The third-order valence-electron chi connectivity index (χ3n) is 1.01. The van der Waals surface area contributed by atoms with Crippen molar-refractivity contribution in [3.63, 3.8) is 0 Å². The van der Waals surface area contributed by atoms with Crippen LogP contribution in [0.25, 0.3) is 0 Å². The summed E-state index contributed by atoms with van der Waals surface area (Å²) in [5.74, 6) is 6.08. The number of rotatable bonds is 3. The maximum atomic E-state index is 3.06. The number of hydrogen-bond donors (Lipinski definition) is 0. The molecule has 0 N–H and O–H groups in total.